The number of hydrogen-bond acceptors (Lipinski definition) is 6. The maximum absolute atomic E-state index is 8.07. The zero-order valence-corrected chi connectivity index (χ0v) is 44.3. The number of aromatic nitrogens is 4. The van der Waals surface area contributed by atoms with Crippen LogP contribution in [0.2, 0.25) is 10.1 Å². The minimum Gasteiger partial charge on any atom is -0.407 e. The molecule has 0 bridgehead atoms. The van der Waals surface area contributed by atoms with E-state index in [0.29, 0.717) is 13.2 Å². The minimum absolute atomic E-state index is 0.0307. The topological polar surface area (TPSA) is 54.1 Å². The molecule has 0 saturated heterocycles. The van der Waals surface area contributed by atoms with Gasteiger partial charge >= 0.3 is 0 Å². The van der Waals surface area contributed by atoms with E-state index in [0.717, 1.165) is 37.9 Å². The van der Waals surface area contributed by atoms with Crippen molar-refractivity contribution in [2.45, 2.75) is 84.1 Å². The van der Waals surface area contributed by atoms with Crippen LogP contribution in [0.4, 0.5) is 0 Å². The Labute approximate surface area is 414 Å². The number of benzene rings is 6. The predicted octanol–water partition coefficient (Wildman–Crippen LogP) is 11.5. The highest BCUT2D eigenvalue weighted by molar-refractivity contribution is 7.99. The summed E-state index contributed by atoms with van der Waals surface area (Å²) in [6.45, 7) is 15.3. The van der Waals surface area contributed by atoms with E-state index in [4.69, 9.17) is 18.8 Å². The van der Waals surface area contributed by atoms with E-state index in [9.17, 15) is 0 Å². The molecule has 0 radical (unpaired) electrons. The molecule has 0 fully saturated rings. The van der Waals surface area contributed by atoms with Gasteiger partial charge in [-0.05, 0) is 67.4 Å². The lowest BCUT2D eigenvalue weighted by molar-refractivity contribution is 0.108. The zero-order valence-electron chi connectivity index (χ0n) is 40.7. The predicted molar refractivity (Wildman–Crippen MR) is 287 cm³/mol. The highest BCUT2D eigenvalue weighted by Crippen LogP contribution is 2.48. The third kappa shape index (κ3) is 9.19. The fourth-order valence-corrected chi connectivity index (χ4v) is 21.7. The van der Waals surface area contributed by atoms with Gasteiger partial charge in [-0.25, -0.2) is 9.97 Å². The van der Waals surface area contributed by atoms with Gasteiger partial charge in [0.05, 0.1) is 17.8 Å². The summed E-state index contributed by atoms with van der Waals surface area (Å²) in [5, 5.41) is 6.64. The Morgan fingerprint density at radius 2 is 0.897 bits per heavy atom. The number of nitrogens with zero attached hydrogens (tertiary/aromatic N) is 4. The summed E-state index contributed by atoms with van der Waals surface area (Å²) in [6.07, 6.45) is 2.90. The Morgan fingerprint density at radius 3 is 1.31 bits per heavy atom. The molecule has 0 aliphatic heterocycles. The van der Waals surface area contributed by atoms with Gasteiger partial charge in [0.1, 0.15) is 0 Å². The average molecular weight is 969 g/mol. The Kier molecular flexibility index (Phi) is 14.1. The lowest BCUT2D eigenvalue weighted by Gasteiger charge is -2.47. The molecule has 6 aromatic carbocycles. The molecule has 0 unspecified atom stereocenters. The summed E-state index contributed by atoms with van der Waals surface area (Å²) < 4.78 is 20.7. The van der Waals surface area contributed by atoms with Crippen LogP contribution in [0.1, 0.15) is 64.5 Å². The normalized spacial score (nSPS) is 16.7. The van der Waals surface area contributed by atoms with Gasteiger partial charge in [0.15, 0.2) is 10.3 Å². The molecule has 10 heteroatoms. The van der Waals surface area contributed by atoms with E-state index in [1.54, 1.807) is 23.5 Å². The van der Waals surface area contributed by atoms with E-state index in [1.807, 2.05) is 0 Å². The van der Waals surface area contributed by atoms with E-state index >= 15 is 0 Å². The van der Waals surface area contributed by atoms with Gasteiger partial charge < -0.3 is 18.0 Å². The van der Waals surface area contributed by atoms with Crippen LogP contribution in [0.25, 0.3) is 0 Å². The van der Waals surface area contributed by atoms with Crippen LogP contribution in [-0.4, -0.2) is 49.0 Å². The number of imidazole rings is 2. The maximum atomic E-state index is 8.07. The van der Waals surface area contributed by atoms with Gasteiger partial charge in [0, 0.05) is 54.4 Å². The molecule has 0 N–H and O–H groups in total. The molecule has 8 aromatic rings. The molecule has 68 heavy (non-hydrogen) atoms. The minimum atomic E-state index is -2.98. The summed E-state index contributed by atoms with van der Waals surface area (Å²) >= 11 is 3.42. The molecule has 3 atom stereocenters. The summed E-state index contributed by atoms with van der Waals surface area (Å²) in [4.78, 5) is 13.2. The van der Waals surface area contributed by atoms with Crippen LogP contribution < -0.4 is 20.7 Å². The van der Waals surface area contributed by atoms with Crippen molar-refractivity contribution in [1.82, 2.24) is 19.1 Å². The molecule has 1 aliphatic carbocycles. The Hall–Kier alpha value is -5.21. The van der Waals surface area contributed by atoms with Crippen LogP contribution in [0.3, 0.4) is 0 Å². The Morgan fingerprint density at radius 1 is 0.515 bits per heavy atom. The maximum Gasteiger partial charge on any atom is 0.261 e. The van der Waals surface area contributed by atoms with Crippen molar-refractivity contribution in [2.75, 3.05) is 13.2 Å². The summed E-state index contributed by atoms with van der Waals surface area (Å²) in [7, 11) is -1.54. The average Bonchev–Trinajstić information content (AvgIpc) is 3.86. The quantitative estimate of drug-likeness (QED) is 0.0954. The first-order valence-electron chi connectivity index (χ1n) is 23.8. The third-order valence-electron chi connectivity index (χ3n) is 14.0. The number of fused-ring (bicyclic) bond motifs is 1. The highest BCUT2D eigenvalue weighted by atomic mass is 32.2. The molecule has 0 saturated carbocycles. The molecular formula is C58H64N4O2S2Si2. The van der Waals surface area contributed by atoms with Crippen molar-refractivity contribution in [2.24, 2.45) is 25.9 Å². The van der Waals surface area contributed by atoms with Crippen molar-refractivity contribution in [1.29, 1.82) is 0 Å². The van der Waals surface area contributed by atoms with Crippen molar-refractivity contribution >= 4 is 60.9 Å². The monoisotopic (exact) mass is 968 g/mol. The van der Waals surface area contributed by atoms with E-state index in [1.165, 1.54) is 26.4 Å². The molecule has 9 rings (SSSR count). The molecular weight excluding hydrogens is 905 g/mol. The largest absolute Gasteiger partial charge is 0.407 e. The van der Waals surface area contributed by atoms with Crippen molar-refractivity contribution in [3.05, 3.63) is 205 Å². The van der Waals surface area contributed by atoms with Crippen LogP contribution in [0.15, 0.2) is 208 Å². The first-order chi connectivity index (χ1) is 32.8. The second-order valence-corrected chi connectivity index (χ2v) is 30.9. The molecule has 0 spiro atoms. The molecule has 2 aromatic heterocycles. The highest BCUT2D eigenvalue weighted by Gasteiger charge is 2.54. The Balaban J connectivity index is 1.24. The molecule has 348 valence electrons. The molecule has 0 amide bonds. The van der Waals surface area contributed by atoms with Crippen molar-refractivity contribution < 1.29 is 8.85 Å². The van der Waals surface area contributed by atoms with Gasteiger partial charge in [-0.3, -0.25) is 0 Å². The summed E-state index contributed by atoms with van der Waals surface area (Å²) in [5.41, 5.74) is 3.47. The van der Waals surface area contributed by atoms with Crippen LogP contribution in [0.5, 0.6) is 0 Å². The van der Waals surface area contributed by atoms with Crippen molar-refractivity contribution in [3.8, 4) is 0 Å². The van der Waals surface area contributed by atoms with Gasteiger partial charge in [-0.2, -0.15) is 0 Å². The van der Waals surface area contributed by atoms with Crippen molar-refractivity contribution in [3.63, 3.8) is 0 Å². The van der Waals surface area contributed by atoms with Crippen LogP contribution >= 0.6 is 23.5 Å². The van der Waals surface area contributed by atoms with Gasteiger partial charge in [-0.1, -0.05) is 223 Å². The summed E-state index contributed by atoms with van der Waals surface area (Å²) in [5.74, 6) is -0.127. The Bertz CT molecular complexity index is 2810. The van der Waals surface area contributed by atoms with Crippen LogP contribution in [-0.2, 0) is 29.4 Å². The van der Waals surface area contributed by atoms with Crippen LogP contribution in [0, 0.1) is 11.8 Å². The molecule has 1 aliphatic rings. The SMILES string of the molecule is Cn1c([C@@H]2c3nc(Sc4ccccc4)n(C)c3C[C@H](CO[Si](c3ccccc3)(c3ccccc3)C(C)(C)C)[C@H]2CO[Si](c2ccccc2)(c2ccccc2)C(C)(C)C)cnc1Sc1ccccc1. The number of rotatable bonds is 15. The first kappa shape index (κ1) is 47.8. The smallest absolute Gasteiger partial charge is 0.261 e. The standard InChI is InChI=1S/C58H64N4O2S2Si2/c1-57(2,3)67(46-31-19-11-20-32-46,47-33-21-12-22-34-47)63-41-43-39-51-54(60-56(61(51)7)66-45-29-17-10-18-30-45)53(52-40-59-55(62(52)8)65-44-27-15-9-16-28-44)50(43)42-64-68(58(4,5)6,48-35-23-13-24-36-48)49-37-25-14-26-38-49/h9-38,40,43,50,53H,39,41-42H2,1-8H3/t43-,50-,53-/m1/s1. The van der Waals surface area contributed by atoms with E-state index in [-0.39, 0.29) is 27.8 Å². The fourth-order valence-electron chi connectivity index (χ4n) is 10.7. The lowest BCUT2D eigenvalue weighted by Crippen LogP contribution is -2.67. The zero-order chi connectivity index (χ0) is 47.5. The second-order valence-electron chi connectivity index (χ2n) is 20.2. The van der Waals surface area contributed by atoms with E-state index < -0.39 is 16.6 Å². The van der Waals surface area contributed by atoms with Gasteiger partial charge in [-0.15, -0.1) is 0 Å². The first-order valence-corrected chi connectivity index (χ1v) is 29.3. The third-order valence-corrected chi connectivity index (χ3v) is 26.2. The molecule has 2 heterocycles. The fraction of sp³-hybridized carbons (Fsp3) is 0.276. The molecule has 6 nitrogen and oxygen atoms in total. The van der Waals surface area contributed by atoms with Gasteiger partial charge in [0.25, 0.3) is 16.6 Å². The summed E-state index contributed by atoms with van der Waals surface area (Å²) in [6, 6.07) is 65.4. The second kappa shape index (κ2) is 20.0. The lowest BCUT2D eigenvalue weighted by atomic mass is 9.71. The number of hydrogen-bond donors (Lipinski definition) is 0. The van der Waals surface area contributed by atoms with E-state index in [2.05, 4.69) is 253 Å². The van der Waals surface area contributed by atoms with Gasteiger partial charge in [0.2, 0.25) is 0 Å².